The minimum absolute atomic E-state index is 0.0121. The van der Waals surface area contributed by atoms with E-state index in [4.69, 9.17) is 4.74 Å². The zero-order chi connectivity index (χ0) is 11.0. The highest BCUT2D eigenvalue weighted by atomic mass is 16.5. The smallest absolute Gasteiger partial charge is 0.221 e. The van der Waals surface area contributed by atoms with Gasteiger partial charge in [0.25, 0.3) is 0 Å². The van der Waals surface area contributed by atoms with Crippen molar-refractivity contribution >= 4 is 5.91 Å². The summed E-state index contributed by atoms with van der Waals surface area (Å²) in [4.78, 5) is 12.8. The normalized spacial score (nSPS) is 12.9. The minimum atomic E-state index is -0.491. The van der Waals surface area contributed by atoms with Gasteiger partial charge in [0.1, 0.15) is 0 Å². The highest BCUT2D eigenvalue weighted by Gasteiger charge is 2.08. The lowest BCUT2D eigenvalue weighted by molar-refractivity contribution is -0.120. The second-order valence-corrected chi connectivity index (χ2v) is 3.29. The molecule has 1 unspecified atom stereocenters. The second-order valence-electron chi connectivity index (χ2n) is 3.29. The molecule has 1 atom stereocenters. The maximum atomic E-state index is 10.9. The number of hydrogen-bond donors (Lipinski definition) is 2. The SMILES string of the molecule is CNC(=O)CCN(C)CC(O)COC. The van der Waals surface area contributed by atoms with Crippen molar-refractivity contribution in [3.05, 3.63) is 0 Å². The van der Waals surface area contributed by atoms with E-state index in [0.717, 1.165) is 0 Å². The molecule has 0 bridgehead atoms. The van der Waals surface area contributed by atoms with Crippen LogP contribution in [0.25, 0.3) is 0 Å². The molecule has 2 N–H and O–H groups in total. The average Bonchev–Trinajstić information content (AvgIpc) is 2.14. The number of aliphatic hydroxyl groups is 1. The van der Waals surface area contributed by atoms with Gasteiger partial charge in [0.05, 0.1) is 12.7 Å². The Morgan fingerprint density at radius 1 is 1.64 bits per heavy atom. The van der Waals surface area contributed by atoms with E-state index in [1.807, 2.05) is 11.9 Å². The van der Waals surface area contributed by atoms with E-state index in [9.17, 15) is 9.90 Å². The molecule has 0 spiro atoms. The van der Waals surface area contributed by atoms with Gasteiger partial charge in [0.2, 0.25) is 5.91 Å². The van der Waals surface area contributed by atoms with E-state index >= 15 is 0 Å². The van der Waals surface area contributed by atoms with E-state index in [-0.39, 0.29) is 5.91 Å². The summed E-state index contributed by atoms with van der Waals surface area (Å²) in [5.74, 6) is 0.0121. The fourth-order valence-electron chi connectivity index (χ4n) is 1.11. The second kappa shape index (κ2) is 7.73. The van der Waals surface area contributed by atoms with Crippen LogP contribution in [0.15, 0.2) is 0 Å². The van der Waals surface area contributed by atoms with E-state index < -0.39 is 6.10 Å². The number of hydrogen-bond acceptors (Lipinski definition) is 4. The van der Waals surface area contributed by atoms with Crippen LogP contribution in [0.2, 0.25) is 0 Å². The number of nitrogens with zero attached hydrogens (tertiary/aromatic N) is 1. The first-order chi connectivity index (χ1) is 6.60. The predicted molar refractivity (Wildman–Crippen MR) is 54.1 cm³/mol. The van der Waals surface area contributed by atoms with Crippen LogP contribution in [0.4, 0.5) is 0 Å². The molecule has 0 heterocycles. The molecule has 0 aliphatic carbocycles. The van der Waals surface area contributed by atoms with E-state index in [2.05, 4.69) is 5.32 Å². The number of amides is 1. The van der Waals surface area contributed by atoms with Crippen molar-refractivity contribution in [2.45, 2.75) is 12.5 Å². The third-order valence-corrected chi connectivity index (χ3v) is 1.88. The number of nitrogens with one attached hydrogen (secondary N) is 1. The van der Waals surface area contributed by atoms with Crippen LogP contribution in [0.5, 0.6) is 0 Å². The summed E-state index contributed by atoms with van der Waals surface area (Å²) in [7, 11) is 5.03. The topological polar surface area (TPSA) is 61.8 Å². The molecule has 14 heavy (non-hydrogen) atoms. The Bertz CT molecular complexity index is 164. The van der Waals surface area contributed by atoms with Crippen molar-refractivity contribution in [1.29, 1.82) is 0 Å². The third-order valence-electron chi connectivity index (χ3n) is 1.88. The zero-order valence-electron chi connectivity index (χ0n) is 9.12. The van der Waals surface area contributed by atoms with Gasteiger partial charge in [0.15, 0.2) is 0 Å². The van der Waals surface area contributed by atoms with Crippen LogP contribution in [0.1, 0.15) is 6.42 Å². The lowest BCUT2D eigenvalue weighted by Gasteiger charge is -2.19. The van der Waals surface area contributed by atoms with Crippen molar-refractivity contribution in [2.75, 3.05) is 40.9 Å². The van der Waals surface area contributed by atoms with Gasteiger partial charge in [-0.1, -0.05) is 0 Å². The minimum Gasteiger partial charge on any atom is -0.389 e. The van der Waals surface area contributed by atoms with Gasteiger partial charge in [-0.3, -0.25) is 4.79 Å². The fourth-order valence-corrected chi connectivity index (χ4v) is 1.11. The summed E-state index contributed by atoms with van der Waals surface area (Å²) in [5, 5.41) is 11.9. The lowest BCUT2D eigenvalue weighted by Crippen LogP contribution is -2.34. The molecule has 0 saturated carbocycles. The molecule has 0 radical (unpaired) electrons. The fraction of sp³-hybridized carbons (Fsp3) is 0.889. The van der Waals surface area contributed by atoms with Gasteiger partial charge in [-0.05, 0) is 7.05 Å². The van der Waals surface area contributed by atoms with Gasteiger partial charge in [-0.25, -0.2) is 0 Å². The van der Waals surface area contributed by atoms with Crippen molar-refractivity contribution in [2.24, 2.45) is 0 Å². The molecule has 0 aliphatic heterocycles. The summed E-state index contributed by atoms with van der Waals surface area (Å²) < 4.78 is 4.80. The molecule has 0 aromatic rings. The van der Waals surface area contributed by atoms with E-state index in [1.165, 1.54) is 0 Å². The maximum Gasteiger partial charge on any atom is 0.221 e. The Kier molecular flexibility index (Phi) is 7.37. The highest BCUT2D eigenvalue weighted by molar-refractivity contribution is 5.75. The molecule has 0 aliphatic rings. The summed E-state index contributed by atoms with van der Waals surface area (Å²) in [6, 6.07) is 0. The molecule has 0 fully saturated rings. The number of ether oxygens (including phenoxy) is 1. The quantitative estimate of drug-likeness (QED) is 0.562. The first kappa shape index (κ1) is 13.4. The monoisotopic (exact) mass is 204 g/mol. The van der Waals surface area contributed by atoms with Gasteiger partial charge in [0, 0.05) is 33.7 Å². The Morgan fingerprint density at radius 2 is 2.29 bits per heavy atom. The molecule has 5 nitrogen and oxygen atoms in total. The lowest BCUT2D eigenvalue weighted by atomic mass is 10.3. The number of likely N-dealkylation sites (N-methyl/N-ethyl adjacent to an activating group) is 1. The van der Waals surface area contributed by atoms with Crippen molar-refractivity contribution in [3.8, 4) is 0 Å². The highest BCUT2D eigenvalue weighted by Crippen LogP contribution is 1.92. The van der Waals surface area contributed by atoms with Crippen LogP contribution in [0, 0.1) is 0 Å². The first-order valence-electron chi connectivity index (χ1n) is 4.66. The first-order valence-corrected chi connectivity index (χ1v) is 4.66. The molecule has 0 saturated heterocycles. The van der Waals surface area contributed by atoms with E-state index in [0.29, 0.717) is 26.1 Å². The summed E-state index contributed by atoms with van der Waals surface area (Å²) in [6.07, 6.45) is -0.0399. The Morgan fingerprint density at radius 3 is 2.79 bits per heavy atom. The standard InChI is InChI=1S/C9H20N2O3/c1-10-9(13)4-5-11(2)6-8(12)7-14-3/h8,12H,4-7H2,1-3H3,(H,10,13). The van der Waals surface area contributed by atoms with Crippen molar-refractivity contribution in [3.63, 3.8) is 0 Å². The number of aliphatic hydroxyl groups excluding tert-OH is 1. The van der Waals surface area contributed by atoms with Gasteiger partial charge in [-0.15, -0.1) is 0 Å². The molecular formula is C9H20N2O3. The van der Waals surface area contributed by atoms with Crippen LogP contribution in [-0.4, -0.2) is 62.9 Å². The Balaban J connectivity index is 3.54. The van der Waals surface area contributed by atoms with Gasteiger partial charge in [-0.2, -0.15) is 0 Å². The largest absolute Gasteiger partial charge is 0.389 e. The maximum absolute atomic E-state index is 10.9. The van der Waals surface area contributed by atoms with Crippen LogP contribution in [-0.2, 0) is 9.53 Å². The van der Waals surface area contributed by atoms with Crippen molar-refractivity contribution in [1.82, 2.24) is 10.2 Å². The molecule has 1 amide bonds. The molecule has 5 heteroatoms. The number of methoxy groups -OCH3 is 1. The average molecular weight is 204 g/mol. The number of carbonyl (C=O) groups is 1. The Labute approximate surface area is 85.0 Å². The van der Waals surface area contributed by atoms with Crippen LogP contribution >= 0.6 is 0 Å². The Hall–Kier alpha value is -0.650. The van der Waals surface area contributed by atoms with Crippen LogP contribution < -0.4 is 5.32 Å². The van der Waals surface area contributed by atoms with E-state index in [1.54, 1.807) is 14.2 Å². The third kappa shape index (κ3) is 6.82. The number of carbonyl (C=O) groups excluding carboxylic acids is 1. The van der Waals surface area contributed by atoms with Gasteiger partial charge >= 0.3 is 0 Å². The predicted octanol–water partition coefficient (Wildman–Crippen LogP) is -0.938. The molecule has 0 rings (SSSR count). The zero-order valence-corrected chi connectivity index (χ0v) is 9.12. The molecular weight excluding hydrogens is 184 g/mol. The molecule has 0 aromatic heterocycles. The summed E-state index contributed by atoms with van der Waals surface area (Å²) in [5.41, 5.74) is 0. The summed E-state index contributed by atoms with van der Waals surface area (Å²) in [6.45, 7) is 1.48. The van der Waals surface area contributed by atoms with Gasteiger partial charge < -0.3 is 20.1 Å². The van der Waals surface area contributed by atoms with Crippen LogP contribution in [0.3, 0.4) is 0 Å². The summed E-state index contributed by atoms with van der Waals surface area (Å²) >= 11 is 0. The molecule has 0 aromatic carbocycles. The molecule has 84 valence electrons. The number of rotatable bonds is 7. The van der Waals surface area contributed by atoms with Crippen molar-refractivity contribution < 1.29 is 14.6 Å².